The third-order valence-corrected chi connectivity index (χ3v) is 3.88. The Kier molecular flexibility index (Phi) is 3.39. The highest BCUT2D eigenvalue weighted by Crippen LogP contribution is 2.37. The molecule has 0 aliphatic carbocycles. The van der Waals surface area contributed by atoms with Crippen molar-refractivity contribution in [3.05, 3.63) is 70.8 Å². The van der Waals surface area contributed by atoms with Crippen molar-refractivity contribution in [1.82, 2.24) is 10.2 Å². The second-order valence-electron chi connectivity index (χ2n) is 5.37. The summed E-state index contributed by atoms with van der Waals surface area (Å²) < 4.78 is 5.65. The first-order chi connectivity index (χ1) is 12.1. The Morgan fingerprint density at radius 2 is 1.64 bits per heavy atom. The van der Waals surface area contributed by atoms with Crippen LogP contribution in [-0.4, -0.2) is 20.2 Å². The van der Waals surface area contributed by atoms with Crippen molar-refractivity contribution >= 4 is 16.5 Å². The zero-order chi connectivity index (χ0) is 17.4. The van der Waals surface area contributed by atoms with Crippen LogP contribution in [0.15, 0.2) is 65.1 Å². The first-order valence-corrected chi connectivity index (χ1v) is 7.43. The van der Waals surface area contributed by atoms with E-state index < -0.39 is 4.92 Å². The van der Waals surface area contributed by atoms with Crippen molar-refractivity contribution in [2.75, 3.05) is 0 Å². The Morgan fingerprint density at radius 3 is 2.48 bits per heavy atom. The quantitative estimate of drug-likeness (QED) is 0.446. The van der Waals surface area contributed by atoms with Crippen molar-refractivity contribution in [3.63, 3.8) is 0 Å². The van der Waals surface area contributed by atoms with E-state index in [0.717, 1.165) is 10.8 Å². The van der Waals surface area contributed by atoms with Gasteiger partial charge in [0.15, 0.2) is 0 Å². The highest BCUT2D eigenvalue weighted by atomic mass is 16.6. The molecule has 0 bridgehead atoms. The Labute approximate surface area is 141 Å². The van der Waals surface area contributed by atoms with Crippen molar-refractivity contribution in [2.24, 2.45) is 0 Å². The van der Waals surface area contributed by atoms with Gasteiger partial charge < -0.3 is 9.52 Å². The number of hydrogen-bond acceptors (Lipinski definition) is 6. The second-order valence-corrected chi connectivity index (χ2v) is 5.37. The van der Waals surface area contributed by atoms with E-state index in [0.29, 0.717) is 5.56 Å². The summed E-state index contributed by atoms with van der Waals surface area (Å²) in [6, 6.07) is 16.9. The second kappa shape index (κ2) is 5.72. The lowest BCUT2D eigenvalue weighted by Crippen LogP contribution is -1.91. The van der Waals surface area contributed by atoms with E-state index in [2.05, 4.69) is 10.2 Å². The lowest BCUT2D eigenvalue weighted by atomic mass is 10.0. The summed E-state index contributed by atoms with van der Waals surface area (Å²) in [4.78, 5) is 10.7. The van der Waals surface area contributed by atoms with Crippen LogP contribution in [-0.2, 0) is 0 Å². The molecule has 4 rings (SSSR count). The topological polar surface area (TPSA) is 102 Å². The number of nitro benzene ring substituents is 1. The smallest absolute Gasteiger partial charge is 0.282 e. The number of aromatic nitrogens is 2. The lowest BCUT2D eigenvalue weighted by molar-refractivity contribution is -0.384. The highest BCUT2D eigenvalue weighted by Gasteiger charge is 2.22. The van der Waals surface area contributed by atoms with Crippen LogP contribution in [0.5, 0.6) is 5.75 Å². The number of aromatic hydroxyl groups is 1. The zero-order valence-corrected chi connectivity index (χ0v) is 12.8. The molecule has 7 heteroatoms. The third kappa shape index (κ3) is 2.47. The van der Waals surface area contributed by atoms with Crippen LogP contribution >= 0.6 is 0 Å². The molecule has 0 spiro atoms. The van der Waals surface area contributed by atoms with Crippen molar-refractivity contribution < 1.29 is 14.4 Å². The standard InChI is InChI=1S/C18H11N3O4/c22-15-10-9-11-5-1-2-6-12(11)16(15)18-20-19-17(25-18)13-7-3-4-8-14(13)21(23)24/h1-10,22H. The molecule has 1 N–H and O–H groups in total. The Balaban J connectivity index is 1.89. The molecule has 7 nitrogen and oxygen atoms in total. The van der Waals surface area contributed by atoms with Crippen molar-refractivity contribution in [3.8, 4) is 28.7 Å². The number of benzene rings is 3. The molecule has 25 heavy (non-hydrogen) atoms. The molecule has 0 aliphatic rings. The molecule has 0 radical (unpaired) electrons. The summed E-state index contributed by atoms with van der Waals surface area (Å²) in [5.74, 6) is 0.119. The van der Waals surface area contributed by atoms with Crippen molar-refractivity contribution in [1.29, 1.82) is 0 Å². The molecular formula is C18H11N3O4. The minimum atomic E-state index is -0.505. The molecule has 0 saturated carbocycles. The van der Waals surface area contributed by atoms with Gasteiger partial charge in [0.2, 0.25) is 0 Å². The summed E-state index contributed by atoms with van der Waals surface area (Å²) in [7, 11) is 0. The fourth-order valence-electron chi connectivity index (χ4n) is 2.73. The number of nitrogens with zero attached hydrogens (tertiary/aromatic N) is 3. The maximum atomic E-state index is 11.2. The van der Waals surface area contributed by atoms with E-state index in [1.807, 2.05) is 24.3 Å². The number of hydrogen-bond donors (Lipinski definition) is 1. The lowest BCUT2D eigenvalue weighted by Gasteiger charge is -2.05. The molecule has 0 amide bonds. The van der Waals surface area contributed by atoms with Crippen LogP contribution in [0.25, 0.3) is 33.7 Å². The van der Waals surface area contributed by atoms with Gasteiger partial charge in [-0.25, -0.2) is 0 Å². The van der Waals surface area contributed by atoms with Crippen LogP contribution < -0.4 is 0 Å². The van der Waals surface area contributed by atoms with Gasteiger partial charge in [0.05, 0.1) is 10.5 Å². The van der Waals surface area contributed by atoms with Crippen LogP contribution in [0.3, 0.4) is 0 Å². The third-order valence-electron chi connectivity index (χ3n) is 3.88. The Bertz CT molecular complexity index is 1100. The average molecular weight is 333 g/mol. The molecule has 0 saturated heterocycles. The predicted octanol–water partition coefficient (Wildman–Crippen LogP) is 4.17. The zero-order valence-electron chi connectivity index (χ0n) is 12.8. The van der Waals surface area contributed by atoms with Gasteiger partial charge in [0.25, 0.3) is 17.5 Å². The van der Waals surface area contributed by atoms with Crippen LogP contribution in [0.2, 0.25) is 0 Å². The molecule has 0 unspecified atom stereocenters. The summed E-state index contributed by atoms with van der Waals surface area (Å²) in [6.45, 7) is 0. The predicted molar refractivity (Wildman–Crippen MR) is 91.0 cm³/mol. The number of para-hydroxylation sites is 1. The molecular weight excluding hydrogens is 322 g/mol. The largest absolute Gasteiger partial charge is 0.507 e. The summed E-state index contributed by atoms with van der Waals surface area (Å²) >= 11 is 0. The number of nitro groups is 1. The van der Waals surface area contributed by atoms with Gasteiger partial charge in [-0.2, -0.15) is 0 Å². The molecule has 122 valence electrons. The van der Waals surface area contributed by atoms with Crippen LogP contribution in [0, 0.1) is 10.1 Å². The molecule has 4 aromatic rings. The monoisotopic (exact) mass is 333 g/mol. The number of rotatable bonds is 3. The van der Waals surface area contributed by atoms with E-state index in [1.54, 1.807) is 30.3 Å². The molecule has 0 fully saturated rings. The molecule has 0 aliphatic heterocycles. The van der Waals surface area contributed by atoms with Gasteiger partial charge in [-0.15, -0.1) is 10.2 Å². The average Bonchev–Trinajstić information content (AvgIpc) is 3.11. The summed E-state index contributed by atoms with van der Waals surface area (Å²) in [5.41, 5.74) is 0.501. The van der Waals surface area contributed by atoms with E-state index >= 15 is 0 Å². The molecule has 3 aromatic carbocycles. The van der Waals surface area contributed by atoms with E-state index in [4.69, 9.17) is 4.42 Å². The van der Waals surface area contributed by atoms with Gasteiger partial charge in [0, 0.05) is 6.07 Å². The first kappa shape index (κ1) is 14.8. The Hall–Kier alpha value is -3.74. The van der Waals surface area contributed by atoms with Crippen molar-refractivity contribution in [2.45, 2.75) is 0 Å². The maximum Gasteiger partial charge on any atom is 0.282 e. The SMILES string of the molecule is O=[N+]([O-])c1ccccc1-c1nnc(-c2c(O)ccc3ccccc23)o1. The molecule has 1 heterocycles. The maximum absolute atomic E-state index is 11.2. The minimum absolute atomic E-state index is 0.00328. The number of phenols is 1. The molecule has 1 aromatic heterocycles. The van der Waals surface area contributed by atoms with Gasteiger partial charge in [-0.3, -0.25) is 10.1 Å². The van der Waals surface area contributed by atoms with Gasteiger partial charge >= 0.3 is 0 Å². The van der Waals surface area contributed by atoms with Gasteiger partial charge in [-0.1, -0.05) is 42.5 Å². The van der Waals surface area contributed by atoms with E-state index in [1.165, 1.54) is 6.07 Å². The van der Waals surface area contributed by atoms with E-state index in [-0.39, 0.29) is 28.8 Å². The number of phenolic OH excluding ortho intramolecular Hbond substituents is 1. The summed E-state index contributed by atoms with van der Waals surface area (Å²) in [5, 5.41) is 31.0. The Morgan fingerprint density at radius 1 is 0.920 bits per heavy atom. The summed E-state index contributed by atoms with van der Waals surface area (Å²) in [6.07, 6.45) is 0. The van der Waals surface area contributed by atoms with E-state index in [9.17, 15) is 15.2 Å². The highest BCUT2D eigenvalue weighted by molar-refractivity contribution is 5.97. The van der Waals surface area contributed by atoms with Gasteiger partial charge in [-0.05, 0) is 22.9 Å². The fourth-order valence-corrected chi connectivity index (χ4v) is 2.73. The molecule has 0 atom stereocenters. The van der Waals surface area contributed by atoms with Crippen LogP contribution in [0.4, 0.5) is 5.69 Å². The first-order valence-electron chi connectivity index (χ1n) is 7.43. The normalized spacial score (nSPS) is 10.9. The minimum Gasteiger partial charge on any atom is -0.507 e. The number of fused-ring (bicyclic) bond motifs is 1. The van der Waals surface area contributed by atoms with Gasteiger partial charge in [0.1, 0.15) is 11.3 Å². The fraction of sp³-hybridized carbons (Fsp3) is 0. The van der Waals surface area contributed by atoms with Crippen LogP contribution in [0.1, 0.15) is 0 Å².